The Balaban J connectivity index is 1.54. The van der Waals surface area contributed by atoms with Crippen LogP contribution in [0.3, 0.4) is 0 Å². The number of aromatic nitrogens is 1. The Labute approximate surface area is 137 Å². The van der Waals surface area contributed by atoms with Crippen LogP contribution in [0.1, 0.15) is 31.2 Å². The van der Waals surface area contributed by atoms with Crippen molar-refractivity contribution in [3.63, 3.8) is 0 Å². The predicted molar refractivity (Wildman–Crippen MR) is 89.3 cm³/mol. The number of ether oxygens (including phenoxy) is 1. The predicted octanol–water partition coefficient (Wildman–Crippen LogP) is 3.26. The van der Waals surface area contributed by atoms with Crippen molar-refractivity contribution in [3.8, 4) is 5.75 Å². The van der Waals surface area contributed by atoms with Crippen LogP contribution in [0.15, 0.2) is 54.9 Å². The van der Waals surface area contributed by atoms with E-state index in [1.165, 1.54) is 5.56 Å². The summed E-state index contributed by atoms with van der Waals surface area (Å²) in [5.41, 5.74) is 1.32. The first kappa shape index (κ1) is 15.5. The molecule has 1 aliphatic heterocycles. The summed E-state index contributed by atoms with van der Waals surface area (Å²) in [6, 6.07) is 13.6. The first-order valence-corrected chi connectivity index (χ1v) is 8.14. The number of rotatable bonds is 4. The molecular formula is C19H22N2O2. The number of nitrogens with zero attached hydrogens (tertiary/aromatic N) is 2. The molecule has 1 unspecified atom stereocenters. The van der Waals surface area contributed by atoms with Crippen LogP contribution in [0.5, 0.6) is 5.75 Å². The van der Waals surface area contributed by atoms with E-state index >= 15 is 0 Å². The summed E-state index contributed by atoms with van der Waals surface area (Å²) in [6.07, 6.45) is 5.21. The molecule has 4 nitrogen and oxygen atoms in total. The van der Waals surface area contributed by atoms with Gasteiger partial charge in [0.15, 0.2) is 6.10 Å². The summed E-state index contributed by atoms with van der Waals surface area (Å²) < 4.78 is 5.74. The molecule has 1 aromatic carbocycles. The van der Waals surface area contributed by atoms with Gasteiger partial charge >= 0.3 is 0 Å². The van der Waals surface area contributed by atoms with E-state index < -0.39 is 6.10 Å². The molecular weight excluding hydrogens is 288 g/mol. The Bertz CT molecular complexity index is 622. The van der Waals surface area contributed by atoms with Gasteiger partial charge < -0.3 is 9.64 Å². The second-order valence-electron chi connectivity index (χ2n) is 5.95. The fourth-order valence-electron chi connectivity index (χ4n) is 3.08. The lowest BCUT2D eigenvalue weighted by Crippen LogP contribution is -2.44. The highest BCUT2D eigenvalue weighted by Crippen LogP contribution is 2.28. The third-order valence-electron chi connectivity index (χ3n) is 4.39. The molecule has 23 heavy (non-hydrogen) atoms. The number of piperidine rings is 1. The normalized spacial score (nSPS) is 16.8. The summed E-state index contributed by atoms with van der Waals surface area (Å²) in [5, 5.41) is 0. The SMILES string of the molecule is CC(Oc1ccccc1)C(=O)N1CCC(c2ccncc2)CC1. The lowest BCUT2D eigenvalue weighted by Gasteiger charge is -2.33. The Kier molecular flexibility index (Phi) is 4.91. The van der Waals surface area contributed by atoms with Crippen molar-refractivity contribution < 1.29 is 9.53 Å². The van der Waals surface area contributed by atoms with Crippen LogP contribution in [-0.2, 0) is 4.79 Å². The zero-order chi connectivity index (χ0) is 16.1. The molecule has 1 aliphatic rings. The van der Waals surface area contributed by atoms with E-state index in [0.29, 0.717) is 5.92 Å². The van der Waals surface area contributed by atoms with Gasteiger partial charge in [-0.25, -0.2) is 0 Å². The molecule has 1 aromatic heterocycles. The summed E-state index contributed by atoms with van der Waals surface area (Å²) in [6.45, 7) is 3.40. The van der Waals surface area contributed by atoms with Gasteiger partial charge in [-0.15, -0.1) is 0 Å². The molecule has 0 radical (unpaired) electrons. The molecule has 1 fully saturated rings. The number of carbonyl (C=O) groups excluding carboxylic acids is 1. The van der Waals surface area contributed by atoms with Crippen molar-refractivity contribution >= 4 is 5.91 Å². The van der Waals surface area contributed by atoms with Crippen LogP contribution in [0.4, 0.5) is 0 Å². The maximum absolute atomic E-state index is 12.5. The van der Waals surface area contributed by atoms with Crippen molar-refractivity contribution in [2.24, 2.45) is 0 Å². The molecule has 0 saturated carbocycles. The summed E-state index contributed by atoms with van der Waals surface area (Å²) in [7, 11) is 0. The fraction of sp³-hybridized carbons (Fsp3) is 0.368. The second kappa shape index (κ2) is 7.27. The number of carbonyl (C=O) groups is 1. The van der Waals surface area contributed by atoms with Gasteiger partial charge in [0.05, 0.1) is 0 Å². The van der Waals surface area contributed by atoms with E-state index in [-0.39, 0.29) is 5.91 Å². The highest BCUT2D eigenvalue weighted by atomic mass is 16.5. The van der Waals surface area contributed by atoms with Gasteiger partial charge in [0.2, 0.25) is 0 Å². The highest BCUT2D eigenvalue weighted by molar-refractivity contribution is 5.81. The quantitative estimate of drug-likeness (QED) is 0.870. The molecule has 0 N–H and O–H groups in total. The average Bonchev–Trinajstić information content (AvgIpc) is 2.63. The lowest BCUT2D eigenvalue weighted by atomic mass is 9.90. The second-order valence-corrected chi connectivity index (χ2v) is 5.95. The molecule has 2 aromatic rings. The zero-order valence-electron chi connectivity index (χ0n) is 13.4. The molecule has 1 amide bonds. The topological polar surface area (TPSA) is 42.4 Å². The number of pyridine rings is 1. The zero-order valence-corrected chi connectivity index (χ0v) is 13.4. The Morgan fingerprint density at radius 1 is 1.13 bits per heavy atom. The summed E-state index contributed by atoms with van der Waals surface area (Å²) >= 11 is 0. The lowest BCUT2D eigenvalue weighted by molar-refractivity contribution is -0.139. The van der Waals surface area contributed by atoms with E-state index in [2.05, 4.69) is 17.1 Å². The third-order valence-corrected chi connectivity index (χ3v) is 4.39. The van der Waals surface area contributed by atoms with Gasteiger partial charge in [0, 0.05) is 25.5 Å². The van der Waals surface area contributed by atoms with E-state index in [1.807, 2.05) is 54.5 Å². The molecule has 1 saturated heterocycles. The molecule has 0 bridgehead atoms. The molecule has 4 heteroatoms. The minimum atomic E-state index is -0.449. The van der Waals surface area contributed by atoms with Crippen LogP contribution in [0, 0.1) is 0 Å². The number of hydrogen-bond donors (Lipinski definition) is 0. The van der Waals surface area contributed by atoms with Gasteiger partial charge in [-0.1, -0.05) is 18.2 Å². The first-order chi connectivity index (χ1) is 11.2. The number of hydrogen-bond acceptors (Lipinski definition) is 3. The minimum Gasteiger partial charge on any atom is -0.481 e. The van der Waals surface area contributed by atoms with Crippen LogP contribution >= 0.6 is 0 Å². The maximum Gasteiger partial charge on any atom is 0.263 e. The van der Waals surface area contributed by atoms with E-state index in [1.54, 1.807) is 0 Å². The van der Waals surface area contributed by atoms with Crippen LogP contribution in [-0.4, -0.2) is 35.0 Å². The van der Waals surface area contributed by atoms with Crippen molar-refractivity contribution in [3.05, 3.63) is 60.4 Å². The van der Waals surface area contributed by atoms with Crippen LogP contribution in [0.2, 0.25) is 0 Å². The Hall–Kier alpha value is -2.36. The fourth-order valence-corrected chi connectivity index (χ4v) is 3.08. The van der Waals surface area contributed by atoms with Crippen molar-refractivity contribution in [1.82, 2.24) is 9.88 Å². The molecule has 3 rings (SSSR count). The number of para-hydroxylation sites is 1. The first-order valence-electron chi connectivity index (χ1n) is 8.14. The van der Waals surface area contributed by atoms with Gasteiger partial charge in [-0.2, -0.15) is 0 Å². The number of benzene rings is 1. The Morgan fingerprint density at radius 3 is 2.43 bits per heavy atom. The molecule has 0 spiro atoms. The molecule has 2 heterocycles. The molecule has 1 atom stereocenters. The Morgan fingerprint density at radius 2 is 1.78 bits per heavy atom. The van der Waals surface area contributed by atoms with Crippen molar-refractivity contribution in [2.75, 3.05) is 13.1 Å². The van der Waals surface area contributed by atoms with Gasteiger partial charge in [-0.05, 0) is 55.5 Å². The van der Waals surface area contributed by atoms with E-state index in [9.17, 15) is 4.79 Å². The largest absolute Gasteiger partial charge is 0.481 e. The summed E-state index contributed by atoms with van der Waals surface area (Å²) in [5.74, 6) is 1.33. The van der Waals surface area contributed by atoms with E-state index in [4.69, 9.17) is 4.74 Å². The monoisotopic (exact) mass is 310 g/mol. The molecule has 0 aliphatic carbocycles. The van der Waals surface area contributed by atoms with Gasteiger partial charge in [0.1, 0.15) is 5.75 Å². The van der Waals surface area contributed by atoms with Gasteiger partial charge in [0.25, 0.3) is 5.91 Å². The smallest absolute Gasteiger partial charge is 0.263 e. The van der Waals surface area contributed by atoms with Crippen molar-refractivity contribution in [2.45, 2.75) is 31.8 Å². The number of likely N-dealkylation sites (tertiary alicyclic amines) is 1. The standard InChI is InChI=1S/C19H22N2O2/c1-15(23-18-5-3-2-4-6-18)19(22)21-13-9-17(10-14-21)16-7-11-20-12-8-16/h2-8,11-12,15,17H,9-10,13-14H2,1H3. The van der Waals surface area contributed by atoms with Crippen molar-refractivity contribution in [1.29, 1.82) is 0 Å². The van der Waals surface area contributed by atoms with Crippen LogP contribution < -0.4 is 4.74 Å². The maximum atomic E-state index is 12.5. The van der Waals surface area contributed by atoms with E-state index in [0.717, 1.165) is 31.7 Å². The highest BCUT2D eigenvalue weighted by Gasteiger charge is 2.27. The average molecular weight is 310 g/mol. The van der Waals surface area contributed by atoms with Crippen LogP contribution in [0.25, 0.3) is 0 Å². The minimum absolute atomic E-state index is 0.0713. The summed E-state index contributed by atoms with van der Waals surface area (Å²) in [4.78, 5) is 18.5. The number of amides is 1. The third kappa shape index (κ3) is 3.89. The molecule has 120 valence electrons. The van der Waals surface area contributed by atoms with Gasteiger partial charge in [-0.3, -0.25) is 9.78 Å².